The van der Waals surface area contributed by atoms with E-state index in [1.165, 1.54) is 11.1 Å². The molecule has 5 saturated carbocycles. The van der Waals surface area contributed by atoms with Crippen LogP contribution in [0.2, 0.25) is 0 Å². The number of hydrogen-bond donors (Lipinski definition) is 7. The summed E-state index contributed by atoms with van der Waals surface area (Å²) in [4.78, 5) is 30.9. The number of fused-ring (bicyclic) bond motifs is 3. The van der Waals surface area contributed by atoms with Gasteiger partial charge < -0.3 is 41.5 Å². The van der Waals surface area contributed by atoms with Gasteiger partial charge in [-0.25, -0.2) is 0 Å². The summed E-state index contributed by atoms with van der Waals surface area (Å²) in [6, 6.07) is 13.9. The first-order valence-corrected chi connectivity index (χ1v) is 26.5. The number of Topliss-reactive ketones (excluding diaryl/α,β-unsaturated/α-hetero) is 2. The Labute approximate surface area is 399 Å². The highest BCUT2D eigenvalue weighted by Crippen LogP contribution is 2.78. The maximum Gasteiger partial charge on any atom is 0.159 e. The Morgan fingerprint density at radius 3 is 2.45 bits per heavy atom. The van der Waals surface area contributed by atoms with Gasteiger partial charge in [0.1, 0.15) is 17.6 Å². The molecule has 10 heteroatoms. The zero-order valence-corrected chi connectivity index (χ0v) is 41.2. The number of benzene rings is 2. The molecule has 2 aliphatic heterocycles. The number of nitrogens with two attached hydrogens (primary N) is 1. The van der Waals surface area contributed by atoms with Crippen LogP contribution < -0.4 is 16.4 Å². The summed E-state index contributed by atoms with van der Waals surface area (Å²) in [7, 11) is 1.90. The van der Waals surface area contributed by atoms with Crippen molar-refractivity contribution < 1.29 is 34.8 Å². The van der Waals surface area contributed by atoms with Gasteiger partial charge in [-0.2, -0.15) is 0 Å². The number of allylic oxidation sites excluding steroid dienone is 2. The van der Waals surface area contributed by atoms with E-state index in [4.69, 9.17) is 10.5 Å². The van der Waals surface area contributed by atoms with E-state index >= 15 is 9.59 Å². The maximum atomic E-state index is 15.9. The lowest BCUT2D eigenvalue weighted by atomic mass is 9.32. The molecule has 2 aromatic carbocycles. The van der Waals surface area contributed by atoms with Crippen molar-refractivity contribution in [2.75, 3.05) is 25.9 Å². The Morgan fingerprint density at radius 2 is 1.70 bits per heavy atom. The molecule has 0 unspecified atom stereocenters. The highest BCUT2D eigenvalue weighted by molar-refractivity contribution is 6.00. The standard InChI is InChI=1S/C57H81N3O7/c1-34(24-45(63)51-54(4,67-51)42-15-11-14-40(42)36-12-10-13-38(58)27-36)48-43-16-17-47-56-21-9-8-20-55(50(65)41(29-56)37-25-35(32-59-5)26-39(62)28-37)19-7-6-18-52(2,66)33-60-44(49(55)56)30-57(47,22-23-61)53(43,3)31-46(48)64/h10,12-13,25-28,34,40-42,44-45,47,49,51,59-63,66H,6-9,11,14-24,29-33,58H2,1-5H3/t34-,40+,41-,42-,44-,45-,47-,49+,51-,52-,53+,54-,55+,56+,57+/m1/s1. The molecule has 0 spiro atoms. The van der Waals surface area contributed by atoms with Crippen molar-refractivity contribution in [2.45, 2.75) is 191 Å². The fourth-order valence-electron chi connectivity index (χ4n) is 18.2. The number of phenolic OH excluding ortho intramolecular Hbond substituents is 1. The van der Waals surface area contributed by atoms with Crippen LogP contribution in [0.1, 0.15) is 172 Å². The van der Waals surface area contributed by atoms with Gasteiger partial charge in [-0.1, -0.05) is 69.7 Å². The molecule has 8 N–H and O–H groups in total. The molecule has 2 aromatic rings. The van der Waals surface area contributed by atoms with Gasteiger partial charge in [0.05, 0.1) is 17.3 Å². The molecule has 15 atom stereocenters. The highest BCUT2D eigenvalue weighted by Gasteiger charge is 2.75. The van der Waals surface area contributed by atoms with E-state index in [-0.39, 0.29) is 65.3 Å². The molecular weight excluding hydrogens is 839 g/mol. The molecule has 7 fully saturated rings. The summed E-state index contributed by atoms with van der Waals surface area (Å²) in [6.45, 7) is 9.63. The third-order valence-electron chi connectivity index (χ3n) is 20.6. The van der Waals surface area contributed by atoms with Gasteiger partial charge in [-0.3, -0.25) is 9.59 Å². The number of anilines is 1. The van der Waals surface area contributed by atoms with Crippen LogP contribution in [-0.4, -0.2) is 81.6 Å². The topological polar surface area (TPSA) is 178 Å². The molecular formula is C57H81N3O7. The second kappa shape index (κ2) is 17.3. The van der Waals surface area contributed by atoms with Crippen LogP contribution in [0.3, 0.4) is 0 Å². The average Bonchev–Trinajstić information content (AvgIpc) is 3.61. The SMILES string of the molecule is CNCc1cc(O)cc([C@H]2C[C@@]34CCCC[C@]5(CCCC[C@@](C)(O)CN[C@H](C[C@@]6(CCO)[C@@H]3CCC3=C([C@H](C)C[C@@H](O)[C@H]7O[C@]7(C)[C@@H]7CCC[C@H]7c7cccc(N)c7)C(=O)C[C@@]36C)[C@@H]54)C2=O)c1. The van der Waals surface area contributed by atoms with Crippen molar-refractivity contribution in [1.29, 1.82) is 0 Å². The normalized spacial score (nSPS) is 42.6. The van der Waals surface area contributed by atoms with Crippen LogP contribution in [0.15, 0.2) is 53.6 Å². The quantitative estimate of drug-likeness (QED) is 0.0852. The number of β-amino-alcohol motifs (C(OH)–C–C–N with tert-alkyl or cyclic N) is 1. The molecule has 0 radical (unpaired) electrons. The summed E-state index contributed by atoms with van der Waals surface area (Å²) < 4.78 is 6.55. The lowest BCUT2D eigenvalue weighted by molar-refractivity contribution is -0.215. The van der Waals surface area contributed by atoms with Gasteiger partial charge in [0.15, 0.2) is 5.78 Å². The Balaban J connectivity index is 1.03. The molecule has 10 rings (SSSR count). The largest absolute Gasteiger partial charge is 0.508 e. The van der Waals surface area contributed by atoms with Crippen LogP contribution in [-0.2, 0) is 20.9 Å². The van der Waals surface area contributed by atoms with Gasteiger partial charge in [-0.05, 0) is 185 Å². The molecule has 0 aromatic heterocycles. The Hall–Kier alpha value is -3.12. The predicted molar refractivity (Wildman–Crippen MR) is 261 cm³/mol. The van der Waals surface area contributed by atoms with Gasteiger partial charge in [0.25, 0.3) is 0 Å². The lowest BCUT2D eigenvalue weighted by Crippen LogP contribution is -2.72. The average molecular weight is 920 g/mol. The molecule has 67 heavy (non-hydrogen) atoms. The van der Waals surface area contributed by atoms with Crippen LogP contribution in [0.4, 0.5) is 5.69 Å². The number of carbonyl (C=O) groups excluding carboxylic acids is 2. The van der Waals surface area contributed by atoms with Crippen LogP contribution in [0.25, 0.3) is 0 Å². The number of hydrogen-bond acceptors (Lipinski definition) is 10. The van der Waals surface area contributed by atoms with E-state index in [0.717, 1.165) is 106 Å². The van der Waals surface area contributed by atoms with Crippen molar-refractivity contribution in [3.8, 4) is 5.75 Å². The summed E-state index contributed by atoms with van der Waals surface area (Å²) in [5.74, 6) is 0.985. The minimum Gasteiger partial charge on any atom is -0.508 e. The summed E-state index contributed by atoms with van der Waals surface area (Å²) in [6.07, 6.45) is 13.8. The molecule has 0 amide bonds. The Kier molecular flexibility index (Phi) is 12.3. The van der Waals surface area contributed by atoms with E-state index in [0.29, 0.717) is 56.9 Å². The van der Waals surface area contributed by atoms with E-state index in [9.17, 15) is 20.4 Å². The number of aliphatic hydroxyl groups excluding tert-OH is 2. The third kappa shape index (κ3) is 7.53. The third-order valence-corrected chi connectivity index (χ3v) is 20.6. The first-order valence-electron chi connectivity index (χ1n) is 26.5. The van der Waals surface area contributed by atoms with E-state index < -0.39 is 33.6 Å². The summed E-state index contributed by atoms with van der Waals surface area (Å²) in [5, 5.41) is 53.8. The first kappa shape index (κ1) is 47.6. The summed E-state index contributed by atoms with van der Waals surface area (Å²) >= 11 is 0. The fourth-order valence-corrected chi connectivity index (χ4v) is 18.2. The van der Waals surface area contributed by atoms with Gasteiger partial charge >= 0.3 is 0 Å². The Bertz CT molecular complexity index is 2280. The number of nitrogen functional groups attached to an aromatic ring is 1. The predicted octanol–water partition coefficient (Wildman–Crippen LogP) is 8.78. The molecule has 6 aliphatic carbocycles. The molecule has 2 bridgehead atoms. The lowest BCUT2D eigenvalue weighted by Gasteiger charge is -2.72. The number of phenols is 1. The monoisotopic (exact) mass is 920 g/mol. The number of carbonyl (C=O) groups is 2. The minimum atomic E-state index is -0.903. The minimum absolute atomic E-state index is 0.00508. The molecule has 366 valence electrons. The van der Waals surface area contributed by atoms with E-state index in [2.05, 4.69) is 49.6 Å². The molecule has 2 heterocycles. The van der Waals surface area contributed by atoms with Crippen LogP contribution in [0.5, 0.6) is 5.75 Å². The van der Waals surface area contributed by atoms with Crippen molar-refractivity contribution >= 4 is 17.3 Å². The molecule has 8 aliphatic rings. The number of epoxide rings is 1. The highest BCUT2D eigenvalue weighted by atomic mass is 16.6. The number of aliphatic hydroxyl groups is 3. The maximum absolute atomic E-state index is 15.9. The van der Waals surface area contributed by atoms with E-state index in [1.807, 2.05) is 32.2 Å². The zero-order chi connectivity index (χ0) is 47.3. The molecule has 2 saturated heterocycles. The van der Waals surface area contributed by atoms with Crippen molar-refractivity contribution in [3.05, 3.63) is 70.3 Å². The summed E-state index contributed by atoms with van der Waals surface area (Å²) in [5.41, 5.74) is 9.08. The zero-order valence-electron chi connectivity index (χ0n) is 41.2. The van der Waals surface area contributed by atoms with E-state index in [1.54, 1.807) is 6.07 Å². The van der Waals surface area contributed by atoms with Crippen LogP contribution >= 0.6 is 0 Å². The number of nitrogens with one attached hydrogen (secondary N) is 2. The number of rotatable bonds is 11. The smallest absolute Gasteiger partial charge is 0.159 e. The fraction of sp³-hybridized carbons (Fsp3) is 0.719. The van der Waals surface area contributed by atoms with Crippen molar-refractivity contribution in [1.82, 2.24) is 10.6 Å². The van der Waals surface area contributed by atoms with Crippen molar-refractivity contribution in [2.24, 2.45) is 45.3 Å². The number of ether oxygens (including phenoxy) is 1. The second-order valence-electron chi connectivity index (χ2n) is 24.3. The van der Waals surface area contributed by atoms with Gasteiger partial charge in [0, 0.05) is 54.6 Å². The van der Waals surface area contributed by atoms with Crippen LogP contribution in [0, 0.1) is 45.3 Å². The second-order valence-corrected chi connectivity index (χ2v) is 24.3. The van der Waals surface area contributed by atoms with Crippen molar-refractivity contribution in [3.63, 3.8) is 0 Å². The molecule has 10 nitrogen and oxygen atoms in total. The van der Waals surface area contributed by atoms with Gasteiger partial charge in [0.2, 0.25) is 0 Å². The first-order chi connectivity index (χ1) is 32.0. The number of ketones is 2. The Morgan fingerprint density at radius 1 is 0.940 bits per heavy atom. The van der Waals surface area contributed by atoms with Gasteiger partial charge in [-0.15, -0.1) is 0 Å². The number of aromatic hydroxyl groups is 1.